The summed E-state index contributed by atoms with van der Waals surface area (Å²) in [6.07, 6.45) is 2.66. The first kappa shape index (κ1) is 16.7. The van der Waals surface area contributed by atoms with Crippen molar-refractivity contribution < 1.29 is 19.1 Å². The molecule has 0 spiro atoms. The Balaban J connectivity index is 1.66. The number of amides is 1. The number of para-hydroxylation sites is 2. The number of carbonyl (C=O) groups excluding carboxylic acids is 2. The molecule has 3 rings (SSSR count). The number of fused-ring (bicyclic) bond motifs is 1. The highest BCUT2D eigenvalue weighted by Crippen LogP contribution is 2.22. The molecular weight excluding hydrogens is 346 g/mol. The molecule has 0 saturated carbocycles. The third kappa shape index (κ3) is 3.50. The second-order valence-corrected chi connectivity index (χ2v) is 5.73. The van der Waals surface area contributed by atoms with Crippen molar-refractivity contribution in [2.45, 2.75) is 0 Å². The van der Waals surface area contributed by atoms with Crippen molar-refractivity contribution in [2.75, 3.05) is 19.0 Å². The quantitative estimate of drug-likeness (QED) is 0.694. The largest absolute Gasteiger partial charge is 0.495 e. The summed E-state index contributed by atoms with van der Waals surface area (Å²) in [7, 11) is 1.48. The van der Waals surface area contributed by atoms with Crippen molar-refractivity contribution in [3.05, 3.63) is 58.0 Å². The van der Waals surface area contributed by atoms with Gasteiger partial charge in [-0.05, 0) is 12.1 Å². The Morgan fingerprint density at radius 1 is 1.32 bits per heavy atom. The van der Waals surface area contributed by atoms with Gasteiger partial charge in [-0.3, -0.25) is 14.0 Å². The van der Waals surface area contributed by atoms with Gasteiger partial charge in [-0.25, -0.2) is 9.78 Å². The van der Waals surface area contributed by atoms with Crippen LogP contribution in [0.4, 0.5) is 5.69 Å². The summed E-state index contributed by atoms with van der Waals surface area (Å²) in [6, 6.07) is 6.83. The van der Waals surface area contributed by atoms with E-state index in [1.807, 2.05) is 0 Å². The first-order valence-electron chi connectivity index (χ1n) is 7.15. The third-order valence-electron chi connectivity index (χ3n) is 3.28. The number of anilines is 1. The molecule has 0 aliphatic heterocycles. The van der Waals surface area contributed by atoms with Gasteiger partial charge in [0.05, 0.1) is 19.0 Å². The molecule has 9 heteroatoms. The number of methoxy groups -OCH3 is 1. The van der Waals surface area contributed by atoms with Crippen LogP contribution in [0.1, 0.15) is 10.4 Å². The fraction of sp³-hybridized carbons (Fsp3) is 0.125. The fourth-order valence-corrected chi connectivity index (χ4v) is 2.78. The lowest BCUT2D eigenvalue weighted by Crippen LogP contribution is -2.26. The topological polar surface area (TPSA) is 99.0 Å². The number of carbonyl (C=O) groups is 2. The molecule has 0 bridgehead atoms. The van der Waals surface area contributed by atoms with Crippen LogP contribution in [0.25, 0.3) is 4.96 Å². The molecule has 0 radical (unpaired) electrons. The van der Waals surface area contributed by atoms with Gasteiger partial charge in [0.1, 0.15) is 11.3 Å². The predicted octanol–water partition coefficient (Wildman–Crippen LogP) is 1.56. The van der Waals surface area contributed by atoms with Gasteiger partial charge in [-0.2, -0.15) is 0 Å². The number of nitrogens with zero attached hydrogens (tertiary/aromatic N) is 2. The summed E-state index contributed by atoms with van der Waals surface area (Å²) in [5.41, 5.74) is -0.324. The molecule has 3 aromatic rings. The molecule has 8 nitrogen and oxygen atoms in total. The second kappa shape index (κ2) is 7.14. The molecule has 2 heterocycles. The number of hydrogen-bond acceptors (Lipinski definition) is 7. The van der Waals surface area contributed by atoms with E-state index in [0.29, 0.717) is 16.4 Å². The summed E-state index contributed by atoms with van der Waals surface area (Å²) < 4.78 is 11.3. The van der Waals surface area contributed by atoms with Crippen LogP contribution in [0.5, 0.6) is 5.75 Å². The molecule has 0 atom stereocenters. The van der Waals surface area contributed by atoms with Crippen LogP contribution in [-0.2, 0) is 9.53 Å². The van der Waals surface area contributed by atoms with E-state index in [1.54, 1.807) is 29.6 Å². The molecule has 0 aliphatic carbocycles. The van der Waals surface area contributed by atoms with Gasteiger partial charge in [-0.15, -0.1) is 11.3 Å². The summed E-state index contributed by atoms with van der Waals surface area (Å²) in [4.78, 5) is 40.6. The monoisotopic (exact) mass is 359 g/mol. The average molecular weight is 359 g/mol. The van der Waals surface area contributed by atoms with Gasteiger partial charge in [0.2, 0.25) is 0 Å². The maximum Gasteiger partial charge on any atom is 0.345 e. The Morgan fingerprint density at radius 3 is 2.92 bits per heavy atom. The SMILES string of the molecule is COc1ccccc1NC(=O)COC(=O)c1cnc2sccn2c1=O. The molecule has 2 aromatic heterocycles. The van der Waals surface area contributed by atoms with Crippen LogP contribution in [0.15, 0.2) is 46.8 Å². The van der Waals surface area contributed by atoms with E-state index in [4.69, 9.17) is 9.47 Å². The van der Waals surface area contributed by atoms with Crippen LogP contribution >= 0.6 is 11.3 Å². The Morgan fingerprint density at radius 2 is 2.12 bits per heavy atom. The minimum Gasteiger partial charge on any atom is -0.495 e. The average Bonchev–Trinajstić information content (AvgIpc) is 3.10. The van der Waals surface area contributed by atoms with Crippen molar-refractivity contribution in [2.24, 2.45) is 0 Å². The van der Waals surface area contributed by atoms with Crippen molar-refractivity contribution >= 4 is 33.9 Å². The van der Waals surface area contributed by atoms with E-state index in [1.165, 1.54) is 29.0 Å². The number of thiazole rings is 1. The van der Waals surface area contributed by atoms with Crippen LogP contribution in [-0.4, -0.2) is 35.0 Å². The maximum atomic E-state index is 12.2. The smallest absolute Gasteiger partial charge is 0.345 e. The van der Waals surface area contributed by atoms with Crippen LogP contribution < -0.4 is 15.6 Å². The van der Waals surface area contributed by atoms with E-state index in [0.717, 1.165) is 6.20 Å². The lowest BCUT2D eigenvalue weighted by Gasteiger charge is -2.10. The fourth-order valence-electron chi connectivity index (χ4n) is 2.11. The number of benzene rings is 1. The number of ether oxygens (including phenoxy) is 2. The molecule has 0 saturated heterocycles. The van der Waals surface area contributed by atoms with Crippen molar-refractivity contribution in [3.63, 3.8) is 0 Å². The zero-order valence-electron chi connectivity index (χ0n) is 13.1. The molecule has 1 aromatic carbocycles. The van der Waals surface area contributed by atoms with E-state index >= 15 is 0 Å². The van der Waals surface area contributed by atoms with Crippen molar-refractivity contribution in [1.82, 2.24) is 9.38 Å². The lowest BCUT2D eigenvalue weighted by molar-refractivity contribution is -0.119. The number of esters is 1. The van der Waals surface area contributed by atoms with Gasteiger partial charge in [0.15, 0.2) is 11.6 Å². The maximum absolute atomic E-state index is 12.2. The van der Waals surface area contributed by atoms with E-state index in [-0.39, 0.29) is 5.56 Å². The highest BCUT2D eigenvalue weighted by molar-refractivity contribution is 7.15. The summed E-state index contributed by atoms with van der Waals surface area (Å²) in [5.74, 6) is -0.983. The van der Waals surface area contributed by atoms with Gasteiger partial charge in [-0.1, -0.05) is 12.1 Å². The van der Waals surface area contributed by atoms with Gasteiger partial charge < -0.3 is 14.8 Å². The first-order valence-corrected chi connectivity index (χ1v) is 8.03. The summed E-state index contributed by atoms with van der Waals surface area (Å²) in [5, 5.41) is 4.25. The molecule has 25 heavy (non-hydrogen) atoms. The molecule has 0 aliphatic rings. The third-order valence-corrected chi connectivity index (χ3v) is 4.05. The first-order chi connectivity index (χ1) is 12.1. The zero-order chi connectivity index (χ0) is 17.8. The molecular formula is C16H13N3O5S. The predicted molar refractivity (Wildman–Crippen MR) is 91.2 cm³/mol. The summed E-state index contributed by atoms with van der Waals surface area (Å²) >= 11 is 1.27. The van der Waals surface area contributed by atoms with Crippen molar-refractivity contribution in [3.8, 4) is 5.75 Å². The number of nitrogens with one attached hydrogen (secondary N) is 1. The Kier molecular flexibility index (Phi) is 4.75. The second-order valence-electron chi connectivity index (χ2n) is 4.86. The molecule has 0 fully saturated rings. The Labute approximate surface area is 145 Å². The molecule has 1 amide bonds. The molecule has 128 valence electrons. The lowest BCUT2D eigenvalue weighted by atomic mass is 10.3. The van der Waals surface area contributed by atoms with E-state index < -0.39 is 24.0 Å². The normalized spacial score (nSPS) is 10.4. The number of rotatable bonds is 5. The van der Waals surface area contributed by atoms with Crippen LogP contribution in [0.2, 0.25) is 0 Å². The Hall–Kier alpha value is -3.20. The van der Waals surface area contributed by atoms with Gasteiger partial charge >= 0.3 is 5.97 Å². The number of aromatic nitrogens is 2. The van der Waals surface area contributed by atoms with Crippen molar-refractivity contribution in [1.29, 1.82) is 0 Å². The number of hydrogen-bond donors (Lipinski definition) is 1. The minimum absolute atomic E-state index is 0.235. The Bertz CT molecular complexity index is 995. The standard InChI is InChI=1S/C16H13N3O5S/c1-23-12-5-3-2-4-11(12)18-13(20)9-24-15(22)10-8-17-16-19(14(10)21)6-7-25-16/h2-8H,9H2,1H3,(H,18,20). The van der Waals surface area contributed by atoms with E-state index in [9.17, 15) is 14.4 Å². The van der Waals surface area contributed by atoms with E-state index in [2.05, 4.69) is 10.3 Å². The summed E-state index contributed by atoms with van der Waals surface area (Å²) in [6.45, 7) is -0.539. The van der Waals surface area contributed by atoms with Gasteiger partial charge in [0.25, 0.3) is 11.5 Å². The van der Waals surface area contributed by atoms with Crippen LogP contribution in [0, 0.1) is 0 Å². The molecule has 0 unspecified atom stereocenters. The highest BCUT2D eigenvalue weighted by Gasteiger charge is 2.17. The highest BCUT2D eigenvalue weighted by atomic mass is 32.1. The zero-order valence-corrected chi connectivity index (χ0v) is 13.9. The minimum atomic E-state index is -0.909. The molecule has 1 N–H and O–H groups in total. The van der Waals surface area contributed by atoms with Gasteiger partial charge in [0, 0.05) is 11.6 Å². The van der Waals surface area contributed by atoms with Crippen LogP contribution in [0.3, 0.4) is 0 Å².